The van der Waals surface area contributed by atoms with Crippen molar-refractivity contribution in [2.45, 2.75) is 18.2 Å². The molecule has 0 radical (unpaired) electrons. The molecule has 1 amide bonds. The third kappa shape index (κ3) is 8.28. The number of hydrogen-bond acceptors (Lipinski definition) is 7. The van der Waals surface area contributed by atoms with E-state index in [1.165, 1.54) is 12.3 Å². The van der Waals surface area contributed by atoms with Gasteiger partial charge in [0.15, 0.2) is 6.61 Å². The number of aromatic nitrogens is 1. The smallest absolute Gasteiger partial charge is 0.330 e. The quantitative estimate of drug-likeness (QED) is 0.158. The second-order valence-electron chi connectivity index (χ2n) is 8.14. The first-order valence-electron chi connectivity index (χ1n) is 11.9. The van der Waals surface area contributed by atoms with Crippen LogP contribution in [0.2, 0.25) is 0 Å². The van der Waals surface area contributed by atoms with Crippen LogP contribution in [0.1, 0.15) is 18.9 Å². The number of hydrogen-bond donors (Lipinski definition) is 1. The molecule has 1 aliphatic rings. The summed E-state index contributed by atoms with van der Waals surface area (Å²) in [6, 6.07) is 20.4. The molecule has 194 valence electrons. The van der Waals surface area contributed by atoms with Crippen molar-refractivity contribution < 1.29 is 23.8 Å². The van der Waals surface area contributed by atoms with Gasteiger partial charge in [0.25, 0.3) is 11.7 Å². The number of ether oxygens (including phenoxy) is 2. The molecule has 0 saturated heterocycles. The van der Waals surface area contributed by atoms with E-state index in [0.29, 0.717) is 31.3 Å². The molecule has 1 aliphatic heterocycles. The van der Waals surface area contributed by atoms with Crippen molar-refractivity contribution in [2.24, 2.45) is 0 Å². The minimum Gasteiger partial charge on any atom is -0.711 e. The first-order chi connectivity index (χ1) is 17.9. The fraction of sp³-hybridized carbons (Fsp3) is 0.250. The van der Waals surface area contributed by atoms with Crippen molar-refractivity contribution in [1.29, 1.82) is 0 Å². The number of thiol groups is 1. The Bertz CT molecular complexity index is 1220. The largest absolute Gasteiger partial charge is 0.711 e. The molecular formula is C28H31N3O5S. The van der Waals surface area contributed by atoms with Crippen molar-refractivity contribution in [3.05, 3.63) is 89.8 Å². The Kier molecular flexibility index (Phi) is 10.4. The summed E-state index contributed by atoms with van der Waals surface area (Å²) >= 11 is 4.30. The summed E-state index contributed by atoms with van der Waals surface area (Å²) in [5, 5.41) is 11.8. The van der Waals surface area contributed by atoms with Gasteiger partial charge in [-0.15, -0.1) is 12.6 Å². The molecule has 37 heavy (non-hydrogen) atoms. The average molecular weight is 522 g/mol. The molecule has 4 rings (SSSR count). The molecule has 0 bridgehead atoms. The molecule has 3 aromatic rings. The number of anilines is 2. The zero-order valence-electron chi connectivity index (χ0n) is 20.9. The molecule has 1 aromatic heterocycles. The van der Waals surface area contributed by atoms with E-state index in [1.807, 2.05) is 66.5 Å². The van der Waals surface area contributed by atoms with E-state index in [1.54, 1.807) is 30.0 Å². The Hall–Kier alpha value is -3.98. The standard InChI is InChI=1S/C17H19N3O3S.C11H12O2/c1-18(16-5-2-3-10-20(16)22)8-4-9-19-14-7-6-13(24)11-15(14)23-12-17(19)21;1-2-13-11(12)9-8-10-6-4-3-5-7-10/h2-3,5-7,10-11,24H,4,8-9,12H2,1H3;3-9H,2H2,1H3/b;9-8+. The minimum atomic E-state index is -0.300. The molecule has 0 N–H and O–H groups in total. The number of nitrogens with zero attached hydrogens (tertiary/aromatic N) is 3. The number of amides is 1. The van der Waals surface area contributed by atoms with Gasteiger partial charge in [-0.3, -0.25) is 9.69 Å². The molecule has 2 aromatic carbocycles. The van der Waals surface area contributed by atoms with Gasteiger partial charge in [-0.1, -0.05) is 36.4 Å². The van der Waals surface area contributed by atoms with Gasteiger partial charge in [0.1, 0.15) is 5.75 Å². The van der Waals surface area contributed by atoms with Crippen LogP contribution in [0, 0.1) is 5.21 Å². The molecule has 0 unspecified atom stereocenters. The second kappa shape index (κ2) is 13.9. The van der Waals surface area contributed by atoms with Gasteiger partial charge in [0.05, 0.1) is 32.1 Å². The summed E-state index contributed by atoms with van der Waals surface area (Å²) in [6.45, 7) is 3.47. The minimum absolute atomic E-state index is 0.0410. The van der Waals surface area contributed by atoms with Gasteiger partial charge >= 0.3 is 5.97 Å². The normalized spacial score (nSPS) is 12.3. The SMILES string of the molecule is CCOC(=O)/C=C/c1ccccc1.CN(CCCN1C(=O)COc2cc(S)ccc21)c1cccc[n+]1[O-]. The van der Waals surface area contributed by atoms with Crippen LogP contribution in [0.3, 0.4) is 0 Å². The fourth-order valence-corrected chi connectivity index (χ4v) is 3.84. The van der Waals surface area contributed by atoms with Gasteiger partial charge in [0.2, 0.25) is 0 Å². The predicted molar refractivity (Wildman–Crippen MR) is 147 cm³/mol. The molecule has 0 fully saturated rings. The van der Waals surface area contributed by atoms with Crippen LogP contribution >= 0.6 is 12.6 Å². The first kappa shape index (κ1) is 27.6. The maximum Gasteiger partial charge on any atom is 0.330 e. The van der Waals surface area contributed by atoms with Crippen molar-refractivity contribution in [3.63, 3.8) is 0 Å². The Balaban J connectivity index is 0.000000248. The highest BCUT2D eigenvalue weighted by Crippen LogP contribution is 2.33. The van der Waals surface area contributed by atoms with E-state index in [-0.39, 0.29) is 18.5 Å². The first-order valence-corrected chi connectivity index (χ1v) is 12.4. The topological polar surface area (TPSA) is 86.0 Å². The number of esters is 1. The van der Waals surface area contributed by atoms with E-state index in [0.717, 1.165) is 27.3 Å². The van der Waals surface area contributed by atoms with Gasteiger partial charge in [-0.25, -0.2) is 9.52 Å². The van der Waals surface area contributed by atoms with E-state index >= 15 is 0 Å². The van der Waals surface area contributed by atoms with Crippen LogP contribution < -0.4 is 19.3 Å². The van der Waals surface area contributed by atoms with Crippen molar-refractivity contribution in [3.8, 4) is 5.75 Å². The van der Waals surface area contributed by atoms with Crippen LogP contribution in [0.5, 0.6) is 5.75 Å². The average Bonchev–Trinajstić information content (AvgIpc) is 2.90. The molecule has 0 aliphatic carbocycles. The summed E-state index contributed by atoms with van der Waals surface area (Å²) in [5.41, 5.74) is 1.76. The molecular weight excluding hydrogens is 490 g/mol. The lowest BCUT2D eigenvalue weighted by Gasteiger charge is -2.29. The Morgan fingerprint density at radius 2 is 1.95 bits per heavy atom. The number of carbonyl (C=O) groups is 2. The maximum absolute atomic E-state index is 12.2. The number of rotatable bonds is 8. The second-order valence-corrected chi connectivity index (χ2v) is 8.66. The molecule has 8 nitrogen and oxygen atoms in total. The van der Waals surface area contributed by atoms with Gasteiger partial charge in [-0.2, -0.15) is 0 Å². The Labute approximate surface area is 222 Å². The van der Waals surface area contributed by atoms with Gasteiger partial charge in [0, 0.05) is 30.0 Å². The number of carbonyl (C=O) groups excluding carboxylic acids is 2. The third-order valence-electron chi connectivity index (χ3n) is 5.45. The Morgan fingerprint density at radius 3 is 2.68 bits per heavy atom. The highest BCUT2D eigenvalue weighted by molar-refractivity contribution is 7.80. The molecule has 2 heterocycles. The summed E-state index contributed by atoms with van der Waals surface area (Å²) in [4.78, 5) is 27.5. The summed E-state index contributed by atoms with van der Waals surface area (Å²) in [6.07, 6.45) is 5.37. The predicted octanol–water partition coefficient (Wildman–Crippen LogP) is 4.12. The molecule has 0 spiro atoms. The summed E-state index contributed by atoms with van der Waals surface area (Å²) in [5.74, 6) is 0.906. The lowest BCUT2D eigenvalue weighted by atomic mass is 10.2. The van der Waals surface area contributed by atoms with E-state index in [2.05, 4.69) is 12.6 Å². The third-order valence-corrected chi connectivity index (χ3v) is 5.73. The summed E-state index contributed by atoms with van der Waals surface area (Å²) in [7, 11) is 1.87. The van der Waals surface area contributed by atoms with Crippen LogP contribution in [-0.2, 0) is 14.3 Å². The fourth-order valence-electron chi connectivity index (χ4n) is 3.65. The monoisotopic (exact) mass is 521 g/mol. The highest BCUT2D eigenvalue weighted by Gasteiger charge is 2.25. The number of benzene rings is 2. The highest BCUT2D eigenvalue weighted by atomic mass is 32.1. The van der Waals surface area contributed by atoms with Crippen LogP contribution in [0.25, 0.3) is 6.08 Å². The van der Waals surface area contributed by atoms with E-state index < -0.39 is 0 Å². The number of pyridine rings is 1. The zero-order chi connectivity index (χ0) is 26.6. The van der Waals surface area contributed by atoms with Crippen molar-refractivity contribution in [2.75, 3.05) is 43.2 Å². The molecule has 0 atom stereocenters. The molecule has 9 heteroatoms. The van der Waals surface area contributed by atoms with Gasteiger partial charge in [-0.05, 0) is 42.8 Å². The van der Waals surface area contributed by atoms with Crippen molar-refractivity contribution in [1.82, 2.24) is 0 Å². The lowest BCUT2D eigenvalue weighted by molar-refractivity contribution is -0.592. The van der Waals surface area contributed by atoms with Crippen LogP contribution in [0.4, 0.5) is 11.5 Å². The zero-order valence-corrected chi connectivity index (χ0v) is 21.8. The maximum atomic E-state index is 12.2. The van der Waals surface area contributed by atoms with Crippen LogP contribution in [0.15, 0.2) is 83.9 Å². The van der Waals surface area contributed by atoms with Crippen LogP contribution in [-0.4, -0.2) is 45.2 Å². The Morgan fingerprint density at radius 1 is 1.19 bits per heavy atom. The number of fused-ring (bicyclic) bond motifs is 1. The van der Waals surface area contributed by atoms with E-state index in [9.17, 15) is 14.8 Å². The van der Waals surface area contributed by atoms with Gasteiger partial charge < -0.3 is 19.6 Å². The molecule has 0 saturated carbocycles. The summed E-state index contributed by atoms with van der Waals surface area (Å²) < 4.78 is 11.0. The van der Waals surface area contributed by atoms with Crippen molar-refractivity contribution >= 4 is 42.1 Å². The van der Waals surface area contributed by atoms with E-state index in [4.69, 9.17) is 9.47 Å². The lowest BCUT2D eigenvalue weighted by Crippen LogP contribution is -2.41.